The molecule has 1 aromatic rings. The van der Waals surface area contributed by atoms with Crippen LogP contribution in [0.25, 0.3) is 0 Å². The number of carbonyl (C=O) groups is 2. The average Bonchev–Trinajstić information content (AvgIpc) is 3.32. The van der Waals surface area contributed by atoms with E-state index in [2.05, 4.69) is 23.6 Å². The maximum absolute atomic E-state index is 13.1. The maximum atomic E-state index is 13.1. The Bertz CT molecular complexity index is 708. The second-order valence-corrected chi connectivity index (χ2v) is 8.79. The Morgan fingerprint density at radius 1 is 1.12 bits per heavy atom. The lowest BCUT2D eigenvalue weighted by molar-refractivity contribution is -0.143. The Morgan fingerprint density at radius 3 is 2.35 bits per heavy atom. The van der Waals surface area contributed by atoms with Crippen molar-refractivity contribution in [1.82, 2.24) is 9.80 Å². The van der Waals surface area contributed by atoms with Crippen LogP contribution >= 0.6 is 0 Å². The van der Waals surface area contributed by atoms with Crippen LogP contribution in [0.1, 0.15) is 61.4 Å². The van der Waals surface area contributed by atoms with E-state index in [0.29, 0.717) is 11.5 Å². The standard InChI is InChI=1S/C21H29N3O2/c1-21(2)13-23(16-4-3-5-16)10-11-24(21)20(26)18-12-17(18)14-6-8-15(9-7-14)19(22)25/h6-9,16-18H,3-5,10-13H2,1-2H3,(H2,22,25)/t17?,18-/m0/s1. The first-order valence-electron chi connectivity index (χ1n) is 9.82. The van der Waals surface area contributed by atoms with E-state index in [0.717, 1.165) is 37.7 Å². The van der Waals surface area contributed by atoms with Crippen LogP contribution in [-0.2, 0) is 4.79 Å². The molecule has 0 bridgehead atoms. The van der Waals surface area contributed by atoms with Crippen LogP contribution in [0, 0.1) is 5.92 Å². The van der Waals surface area contributed by atoms with E-state index in [1.807, 2.05) is 12.1 Å². The van der Waals surface area contributed by atoms with Gasteiger partial charge in [0.1, 0.15) is 0 Å². The van der Waals surface area contributed by atoms with Crippen LogP contribution in [0.15, 0.2) is 24.3 Å². The van der Waals surface area contributed by atoms with Crippen LogP contribution in [0.5, 0.6) is 0 Å². The summed E-state index contributed by atoms with van der Waals surface area (Å²) in [5.41, 5.74) is 6.86. The smallest absolute Gasteiger partial charge is 0.248 e. The molecule has 0 radical (unpaired) electrons. The Morgan fingerprint density at radius 2 is 1.81 bits per heavy atom. The van der Waals surface area contributed by atoms with Crippen LogP contribution < -0.4 is 5.73 Å². The van der Waals surface area contributed by atoms with Crippen molar-refractivity contribution in [3.8, 4) is 0 Å². The third kappa shape index (κ3) is 3.13. The number of benzene rings is 1. The molecule has 2 N–H and O–H groups in total. The quantitative estimate of drug-likeness (QED) is 0.902. The molecule has 1 aromatic carbocycles. The minimum atomic E-state index is -0.411. The van der Waals surface area contributed by atoms with Gasteiger partial charge in [0.15, 0.2) is 0 Å². The molecular weight excluding hydrogens is 326 g/mol. The summed E-state index contributed by atoms with van der Waals surface area (Å²) in [5.74, 6) is 0.257. The molecule has 3 fully saturated rings. The van der Waals surface area contributed by atoms with Gasteiger partial charge in [-0.1, -0.05) is 18.6 Å². The largest absolute Gasteiger partial charge is 0.366 e. The number of nitrogens with two attached hydrogens (primary N) is 1. The normalized spacial score (nSPS) is 28.5. The van der Waals surface area contributed by atoms with Crippen molar-refractivity contribution in [1.29, 1.82) is 0 Å². The zero-order valence-electron chi connectivity index (χ0n) is 15.8. The number of primary amides is 1. The van der Waals surface area contributed by atoms with Gasteiger partial charge < -0.3 is 10.6 Å². The van der Waals surface area contributed by atoms with E-state index in [1.54, 1.807) is 12.1 Å². The second-order valence-electron chi connectivity index (χ2n) is 8.79. The Hall–Kier alpha value is -1.88. The summed E-state index contributed by atoms with van der Waals surface area (Å²) in [4.78, 5) is 29.0. The predicted molar refractivity (Wildman–Crippen MR) is 101 cm³/mol. The molecule has 2 amide bonds. The molecule has 3 aliphatic rings. The molecular formula is C21H29N3O2. The van der Waals surface area contributed by atoms with Gasteiger partial charge in [-0.05, 0) is 56.7 Å². The first-order valence-corrected chi connectivity index (χ1v) is 9.82. The van der Waals surface area contributed by atoms with E-state index in [1.165, 1.54) is 19.3 Å². The molecule has 1 heterocycles. The SMILES string of the molecule is CC1(C)CN(C2CCC2)CCN1C(=O)[C@H]1CC1c1ccc(C(N)=O)cc1. The highest BCUT2D eigenvalue weighted by atomic mass is 16.2. The molecule has 4 rings (SSSR count). The minimum absolute atomic E-state index is 0.0870. The van der Waals surface area contributed by atoms with E-state index >= 15 is 0 Å². The molecule has 2 aliphatic carbocycles. The van der Waals surface area contributed by atoms with E-state index in [-0.39, 0.29) is 17.4 Å². The summed E-state index contributed by atoms with van der Waals surface area (Å²) in [7, 11) is 0. The fourth-order valence-electron chi connectivity index (χ4n) is 4.60. The number of piperazine rings is 1. The minimum Gasteiger partial charge on any atom is -0.366 e. The number of hydrogen-bond acceptors (Lipinski definition) is 3. The van der Waals surface area contributed by atoms with Gasteiger partial charge in [0.25, 0.3) is 0 Å². The lowest BCUT2D eigenvalue weighted by Gasteiger charge is -2.51. The lowest BCUT2D eigenvalue weighted by Crippen LogP contribution is -2.63. The van der Waals surface area contributed by atoms with Gasteiger partial charge in [-0.2, -0.15) is 0 Å². The molecule has 2 atom stereocenters. The first-order chi connectivity index (χ1) is 12.4. The molecule has 5 nitrogen and oxygen atoms in total. The number of rotatable bonds is 4. The van der Waals surface area contributed by atoms with Crippen molar-refractivity contribution < 1.29 is 9.59 Å². The summed E-state index contributed by atoms with van der Waals surface area (Å²) in [6.07, 6.45) is 4.89. The van der Waals surface area contributed by atoms with Gasteiger partial charge in [0.2, 0.25) is 11.8 Å². The van der Waals surface area contributed by atoms with Crippen molar-refractivity contribution in [2.75, 3.05) is 19.6 Å². The van der Waals surface area contributed by atoms with Crippen molar-refractivity contribution >= 4 is 11.8 Å². The Labute approximate surface area is 155 Å². The summed E-state index contributed by atoms with van der Waals surface area (Å²) in [5, 5.41) is 0. The summed E-state index contributed by atoms with van der Waals surface area (Å²) in [6, 6.07) is 8.15. The third-order valence-corrected chi connectivity index (χ3v) is 6.52. The first kappa shape index (κ1) is 17.5. The monoisotopic (exact) mass is 355 g/mol. The summed E-state index contributed by atoms with van der Waals surface area (Å²) < 4.78 is 0. The van der Waals surface area contributed by atoms with Gasteiger partial charge in [-0.3, -0.25) is 14.5 Å². The zero-order chi connectivity index (χ0) is 18.5. The number of carbonyl (C=O) groups excluding carboxylic acids is 2. The lowest BCUT2D eigenvalue weighted by atomic mass is 9.88. The predicted octanol–water partition coefficient (Wildman–Crippen LogP) is 2.36. The van der Waals surface area contributed by atoms with Crippen molar-refractivity contribution in [2.24, 2.45) is 11.7 Å². The second kappa shape index (κ2) is 6.38. The number of amides is 2. The Kier molecular flexibility index (Phi) is 4.30. The van der Waals surface area contributed by atoms with Crippen molar-refractivity contribution in [3.63, 3.8) is 0 Å². The average molecular weight is 355 g/mol. The fourth-order valence-corrected chi connectivity index (χ4v) is 4.60. The van der Waals surface area contributed by atoms with E-state index in [9.17, 15) is 9.59 Å². The molecule has 1 aliphatic heterocycles. The summed E-state index contributed by atoms with van der Waals surface area (Å²) in [6.45, 7) is 7.23. The van der Waals surface area contributed by atoms with Gasteiger partial charge in [-0.15, -0.1) is 0 Å². The molecule has 26 heavy (non-hydrogen) atoms. The van der Waals surface area contributed by atoms with Gasteiger partial charge in [0.05, 0.1) is 0 Å². The fraction of sp³-hybridized carbons (Fsp3) is 0.619. The topological polar surface area (TPSA) is 66.6 Å². The zero-order valence-corrected chi connectivity index (χ0v) is 15.8. The molecule has 1 unspecified atom stereocenters. The highest BCUT2D eigenvalue weighted by molar-refractivity contribution is 5.92. The van der Waals surface area contributed by atoms with Gasteiger partial charge >= 0.3 is 0 Å². The highest BCUT2D eigenvalue weighted by Gasteiger charge is 2.49. The molecule has 2 saturated carbocycles. The molecule has 140 valence electrons. The van der Waals surface area contributed by atoms with E-state index < -0.39 is 5.91 Å². The molecule has 0 spiro atoms. The van der Waals surface area contributed by atoms with Crippen molar-refractivity contribution in [3.05, 3.63) is 35.4 Å². The molecule has 1 saturated heterocycles. The highest BCUT2D eigenvalue weighted by Crippen LogP contribution is 2.49. The van der Waals surface area contributed by atoms with E-state index in [4.69, 9.17) is 5.73 Å². The third-order valence-electron chi connectivity index (χ3n) is 6.52. The van der Waals surface area contributed by atoms with Crippen LogP contribution in [0.4, 0.5) is 0 Å². The number of hydrogen-bond donors (Lipinski definition) is 1. The van der Waals surface area contributed by atoms with Crippen LogP contribution in [0.3, 0.4) is 0 Å². The van der Waals surface area contributed by atoms with Gasteiger partial charge in [0, 0.05) is 42.7 Å². The molecule has 5 heteroatoms. The van der Waals surface area contributed by atoms with Crippen LogP contribution in [-0.4, -0.2) is 52.8 Å². The summed E-state index contributed by atoms with van der Waals surface area (Å²) >= 11 is 0. The molecule has 0 aromatic heterocycles. The number of nitrogens with zero attached hydrogens (tertiary/aromatic N) is 2. The Balaban J connectivity index is 1.39. The van der Waals surface area contributed by atoms with Crippen LogP contribution in [0.2, 0.25) is 0 Å². The van der Waals surface area contributed by atoms with Gasteiger partial charge in [-0.25, -0.2) is 0 Å². The maximum Gasteiger partial charge on any atom is 0.248 e. The van der Waals surface area contributed by atoms with Crippen molar-refractivity contribution in [2.45, 2.75) is 57.0 Å².